The van der Waals surface area contributed by atoms with Crippen molar-refractivity contribution in [3.8, 4) is 6.07 Å². The Bertz CT molecular complexity index is 1180. The Kier molecular flexibility index (Phi) is 6.21. The van der Waals surface area contributed by atoms with Crippen LogP contribution in [0.1, 0.15) is 5.56 Å². The van der Waals surface area contributed by atoms with E-state index in [0.29, 0.717) is 0 Å². The molecule has 2 N–H and O–H groups in total. The molecule has 1 saturated heterocycles. The molecule has 0 atom stereocenters. The number of piperazine rings is 1. The highest BCUT2D eigenvalue weighted by Gasteiger charge is 2.20. The van der Waals surface area contributed by atoms with Crippen molar-refractivity contribution < 1.29 is 16.8 Å². The fraction of sp³-hybridized carbons (Fsp3) is 0.316. The summed E-state index contributed by atoms with van der Waals surface area (Å²) >= 11 is 0. The predicted octanol–water partition coefficient (Wildman–Crippen LogP) is 1.48. The van der Waals surface area contributed by atoms with Crippen molar-refractivity contribution in [2.45, 2.75) is 4.90 Å². The first-order valence-electron chi connectivity index (χ1n) is 9.16. The maximum Gasteiger partial charge on any atom is 0.262 e. The largest absolute Gasteiger partial charge is 0.369 e. The molecule has 0 amide bonds. The highest BCUT2D eigenvalue weighted by molar-refractivity contribution is 7.93. The van der Waals surface area contributed by atoms with Crippen LogP contribution in [0.4, 0.5) is 17.1 Å². The number of nitrogens with zero attached hydrogens (tertiary/aromatic N) is 3. The van der Waals surface area contributed by atoms with Gasteiger partial charge in [-0.15, -0.1) is 0 Å². The van der Waals surface area contributed by atoms with Gasteiger partial charge in [0.15, 0.2) is 0 Å². The van der Waals surface area contributed by atoms with Crippen LogP contribution in [-0.2, 0) is 20.0 Å². The van der Waals surface area contributed by atoms with Gasteiger partial charge in [-0.3, -0.25) is 9.44 Å². The smallest absolute Gasteiger partial charge is 0.262 e. The van der Waals surface area contributed by atoms with Gasteiger partial charge in [0.2, 0.25) is 10.0 Å². The molecule has 0 aromatic heterocycles. The van der Waals surface area contributed by atoms with Crippen LogP contribution in [0.15, 0.2) is 47.4 Å². The van der Waals surface area contributed by atoms with Crippen LogP contribution in [0, 0.1) is 11.3 Å². The molecule has 3 rings (SSSR count). The van der Waals surface area contributed by atoms with Crippen molar-refractivity contribution in [2.75, 3.05) is 53.8 Å². The number of rotatable bonds is 6. The van der Waals surface area contributed by atoms with Crippen molar-refractivity contribution in [3.05, 3.63) is 48.0 Å². The fourth-order valence-electron chi connectivity index (χ4n) is 3.10. The van der Waals surface area contributed by atoms with Gasteiger partial charge in [0.1, 0.15) is 0 Å². The van der Waals surface area contributed by atoms with Gasteiger partial charge in [-0.2, -0.15) is 5.26 Å². The molecule has 1 heterocycles. The lowest BCUT2D eigenvalue weighted by Crippen LogP contribution is -2.44. The number of anilines is 3. The molecule has 160 valence electrons. The number of sulfonamides is 2. The maximum atomic E-state index is 12.8. The van der Waals surface area contributed by atoms with Gasteiger partial charge in [0, 0.05) is 31.9 Å². The number of likely N-dealkylation sites (N-methyl/N-ethyl adjacent to an activating group) is 1. The molecular weight excluding hydrogens is 426 g/mol. The van der Waals surface area contributed by atoms with Crippen molar-refractivity contribution in [3.63, 3.8) is 0 Å². The third kappa shape index (κ3) is 5.41. The summed E-state index contributed by atoms with van der Waals surface area (Å²) < 4.78 is 54.1. The van der Waals surface area contributed by atoms with Crippen LogP contribution in [0.25, 0.3) is 0 Å². The van der Waals surface area contributed by atoms with E-state index in [4.69, 9.17) is 5.26 Å². The van der Waals surface area contributed by atoms with E-state index < -0.39 is 20.0 Å². The second kappa shape index (κ2) is 8.51. The van der Waals surface area contributed by atoms with Gasteiger partial charge in [-0.1, -0.05) is 6.07 Å². The highest BCUT2D eigenvalue weighted by Crippen LogP contribution is 2.31. The molecular formula is C19H23N5O4S2. The summed E-state index contributed by atoms with van der Waals surface area (Å²) in [6, 6.07) is 12.4. The molecule has 30 heavy (non-hydrogen) atoms. The SMILES string of the molecule is CN1CCN(c2ccc(NS(=O)(=O)c3cccc(C#N)c3)c(NS(C)(=O)=O)c2)CC1. The summed E-state index contributed by atoms with van der Waals surface area (Å²) in [6.07, 6.45) is 1.00. The van der Waals surface area contributed by atoms with Crippen LogP contribution in [-0.4, -0.2) is 61.2 Å². The van der Waals surface area contributed by atoms with Gasteiger partial charge in [0.25, 0.3) is 10.0 Å². The average molecular weight is 450 g/mol. The fourth-order valence-corrected chi connectivity index (χ4v) is 4.80. The lowest BCUT2D eigenvalue weighted by atomic mass is 10.2. The topological polar surface area (TPSA) is 123 Å². The maximum absolute atomic E-state index is 12.8. The zero-order chi connectivity index (χ0) is 21.9. The van der Waals surface area contributed by atoms with Gasteiger partial charge in [0.05, 0.1) is 34.2 Å². The minimum absolute atomic E-state index is 0.0880. The first kappa shape index (κ1) is 21.9. The number of nitrogens with one attached hydrogen (secondary N) is 2. The highest BCUT2D eigenvalue weighted by atomic mass is 32.2. The number of hydrogen-bond acceptors (Lipinski definition) is 7. The Morgan fingerprint density at radius 2 is 1.63 bits per heavy atom. The molecule has 0 radical (unpaired) electrons. The summed E-state index contributed by atoms with van der Waals surface area (Å²) in [4.78, 5) is 4.22. The van der Waals surface area contributed by atoms with Crippen LogP contribution < -0.4 is 14.3 Å². The van der Waals surface area contributed by atoms with E-state index in [-0.39, 0.29) is 21.8 Å². The molecule has 0 unspecified atom stereocenters. The molecule has 0 spiro atoms. The Hall–Kier alpha value is -2.81. The van der Waals surface area contributed by atoms with Gasteiger partial charge < -0.3 is 9.80 Å². The molecule has 9 nitrogen and oxygen atoms in total. The lowest BCUT2D eigenvalue weighted by Gasteiger charge is -2.34. The van der Waals surface area contributed by atoms with E-state index in [9.17, 15) is 16.8 Å². The van der Waals surface area contributed by atoms with E-state index in [1.165, 1.54) is 30.3 Å². The lowest BCUT2D eigenvalue weighted by molar-refractivity contribution is 0.313. The Balaban J connectivity index is 1.95. The average Bonchev–Trinajstić information content (AvgIpc) is 2.69. The molecule has 1 aliphatic heterocycles. The second-order valence-electron chi connectivity index (χ2n) is 7.14. The Morgan fingerprint density at radius 3 is 2.27 bits per heavy atom. The van der Waals surface area contributed by atoms with Crippen molar-refractivity contribution in [2.24, 2.45) is 0 Å². The molecule has 0 bridgehead atoms. The van der Waals surface area contributed by atoms with Crippen LogP contribution in [0.2, 0.25) is 0 Å². The summed E-state index contributed by atoms with van der Waals surface area (Å²) in [7, 11) is -5.63. The van der Waals surface area contributed by atoms with Gasteiger partial charge >= 0.3 is 0 Å². The summed E-state index contributed by atoms with van der Waals surface area (Å²) in [5, 5.41) is 9.01. The van der Waals surface area contributed by atoms with Gasteiger partial charge in [-0.25, -0.2) is 16.8 Å². The van der Waals surface area contributed by atoms with Crippen molar-refractivity contribution in [1.82, 2.24) is 4.90 Å². The van der Waals surface area contributed by atoms with E-state index >= 15 is 0 Å². The third-order valence-electron chi connectivity index (χ3n) is 4.68. The van der Waals surface area contributed by atoms with Gasteiger partial charge in [-0.05, 0) is 43.4 Å². The minimum atomic E-state index is -4.03. The molecule has 0 saturated carbocycles. The summed E-state index contributed by atoms with van der Waals surface area (Å²) in [5.74, 6) is 0. The third-order valence-corrected chi connectivity index (χ3v) is 6.64. The quantitative estimate of drug-likeness (QED) is 0.685. The Labute approximate surface area is 177 Å². The molecule has 1 fully saturated rings. The van der Waals surface area contributed by atoms with Crippen molar-refractivity contribution in [1.29, 1.82) is 5.26 Å². The molecule has 2 aromatic carbocycles. The Morgan fingerprint density at radius 1 is 0.933 bits per heavy atom. The van der Waals surface area contributed by atoms with Crippen LogP contribution in [0.5, 0.6) is 0 Å². The number of benzene rings is 2. The first-order chi connectivity index (χ1) is 14.1. The van der Waals surface area contributed by atoms with E-state index in [1.807, 2.05) is 13.1 Å². The first-order valence-corrected chi connectivity index (χ1v) is 12.5. The second-order valence-corrected chi connectivity index (χ2v) is 10.6. The predicted molar refractivity (Wildman–Crippen MR) is 117 cm³/mol. The summed E-state index contributed by atoms with van der Waals surface area (Å²) in [5.41, 5.74) is 1.23. The monoisotopic (exact) mass is 449 g/mol. The molecule has 0 aliphatic carbocycles. The standard InChI is InChI=1S/C19H23N5O4S2/c1-23-8-10-24(11-9-23)16-6-7-18(19(13-16)21-29(2,25)26)22-30(27,28)17-5-3-4-15(12-17)14-20/h3-7,12-13,21-22H,8-11H2,1-2H3. The minimum Gasteiger partial charge on any atom is -0.369 e. The zero-order valence-electron chi connectivity index (χ0n) is 16.7. The molecule has 11 heteroatoms. The van der Waals surface area contributed by atoms with Crippen LogP contribution >= 0.6 is 0 Å². The molecule has 1 aliphatic rings. The molecule has 2 aromatic rings. The van der Waals surface area contributed by atoms with E-state index in [0.717, 1.165) is 38.1 Å². The number of nitriles is 1. The summed E-state index contributed by atoms with van der Waals surface area (Å²) in [6.45, 7) is 3.30. The van der Waals surface area contributed by atoms with Crippen molar-refractivity contribution >= 4 is 37.1 Å². The van der Waals surface area contributed by atoms with Crippen LogP contribution in [0.3, 0.4) is 0 Å². The number of hydrogen-bond donors (Lipinski definition) is 2. The zero-order valence-corrected chi connectivity index (χ0v) is 18.3. The van der Waals surface area contributed by atoms with E-state index in [1.54, 1.807) is 12.1 Å². The van der Waals surface area contributed by atoms with E-state index in [2.05, 4.69) is 19.2 Å². The normalized spacial score (nSPS) is 15.4.